The van der Waals surface area contributed by atoms with Crippen molar-refractivity contribution in [2.75, 3.05) is 0 Å². The van der Waals surface area contributed by atoms with Crippen molar-refractivity contribution >= 4 is 10.8 Å². The summed E-state index contributed by atoms with van der Waals surface area (Å²) in [4.78, 5) is 0. The van der Waals surface area contributed by atoms with Crippen molar-refractivity contribution in [3.05, 3.63) is 119 Å². The van der Waals surface area contributed by atoms with Crippen LogP contribution in [0.15, 0.2) is 97.1 Å². The molecule has 0 bridgehead atoms. The lowest BCUT2D eigenvalue weighted by Gasteiger charge is -2.00. The van der Waals surface area contributed by atoms with E-state index in [1.165, 1.54) is 10.8 Å². The second kappa shape index (κ2) is 7.43. The standard InChI is InChI=1S/C26H16/c1-3-7-21(8-4-1)11-13-23-15-17-26-20-24(16-18-25(26)19-23)14-12-22-9-5-2-6-10-22/h1-10,15-20H. The lowest BCUT2D eigenvalue weighted by atomic mass is 10.0. The zero-order valence-electron chi connectivity index (χ0n) is 14.2. The van der Waals surface area contributed by atoms with Gasteiger partial charge >= 0.3 is 0 Å². The quantitative estimate of drug-likeness (QED) is 0.366. The summed E-state index contributed by atoms with van der Waals surface area (Å²) in [5.74, 6) is 12.9. The number of hydrogen-bond donors (Lipinski definition) is 0. The molecule has 0 heterocycles. The molecule has 0 aliphatic heterocycles. The first-order valence-corrected chi connectivity index (χ1v) is 8.55. The summed E-state index contributed by atoms with van der Waals surface area (Å²) < 4.78 is 0. The minimum atomic E-state index is 1.02. The van der Waals surface area contributed by atoms with Crippen LogP contribution in [0.25, 0.3) is 10.8 Å². The van der Waals surface area contributed by atoms with E-state index in [0.29, 0.717) is 0 Å². The molecule has 0 aromatic heterocycles. The summed E-state index contributed by atoms with van der Waals surface area (Å²) in [5, 5.41) is 2.35. The molecular formula is C26H16. The Morgan fingerprint density at radius 1 is 0.346 bits per heavy atom. The second-order valence-corrected chi connectivity index (χ2v) is 6.01. The van der Waals surface area contributed by atoms with Gasteiger partial charge in [-0.1, -0.05) is 72.2 Å². The molecule has 0 spiro atoms. The van der Waals surface area contributed by atoms with E-state index in [1.807, 2.05) is 60.7 Å². The van der Waals surface area contributed by atoms with Crippen LogP contribution in [-0.2, 0) is 0 Å². The molecule has 0 unspecified atom stereocenters. The number of benzene rings is 4. The molecule has 4 aromatic carbocycles. The van der Waals surface area contributed by atoms with Crippen LogP contribution in [-0.4, -0.2) is 0 Å². The maximum atomic E-state index is 3.24. The first-order valence-electron chi connectivity index (χ1n) is 8.55. The molecule has 26 heavy (non-hydrogen) atoms. The molecule has 0 nitrogen and oxygen atoms in total. The maximum absolute atomic E-state index is 3.24. The van der Waals surface area contributed by atoms with Crippen LogP contribution in [0.1, 0.15) is 22.3 Å². The fraction of sp³-hybridized carbons (Fsp3) is 0. The predicted molar refractivity (Wildman–Crippen MR) is 109 cm³/mol. The first kappa shape index (κ1) is 15.8. The minimum Gasteiger partial charge on any atom is -0.0622 e. The topological polar surface area (TPSA) is 0 Å². The number of rotatable bonds is 0. The zero-order valence-corrected chi connectivity index (χ0v) is 14.2. The monoisotopic (exact) mass is 328 g/mol. The Morgan fingerprint density at radius 3 is 1.15 bits per heavy atom. The number of hydrogen-bond acceptors (Lipinski definition) is 0. The van der Waals surface area contributed by atoms with Gasteiger partial charge in [-0.2, -0.15) is 0 Å². The molecule has 0 saturated carbocycles. The third kappa shape index (κ3) is 3.84. The molecule has 0 fully saturated rings. The molecule has 0 amide bonds. The van der Waals surface area contributed by atoms with Gasteiger partial charge in [0.15, 0.2) is 0 Å². The molecule has 0 atom stereocenters. The van der Waals surface area contributed by atoms with E-state index in [1.54, 1.807) is 0 Å². The second-order valence-electron chi connectivity index (χ2n) is 6.01. The van der Waals surface area contributed by atoms with Crippen molar-refractivity contribution < 1.29 is 0 Å². The van der Waals surface area contributed by atoms with Crippen LogP contribution < -0.4 is 0 Å². The fourth-order valence-corrected chi connectivity index (χ4v) is 2.73. The van der Waals surface area contributed by atoms with Crippen LogP contribution in [0.3, 0.4) is 0 Å². The molecule has 0 aliphatic carbocycles. The molecular weight excluding hydrogens is 312 g/mol. The van der Waals surface area contributed by atoms with Crippen molar-refractivity contribution in [3.8, 4) is 23.7 Å². The Balaban J connectivity index is 1.61. The van der Waals surface area contributed by atoms with Gasteiger partial charge < -0.3 is 0 Å². The Morgan fingerprint density at radius 2 is 0.731 bits per heavy atom. The van der Waals surface area contributed by atoms with Crippen LogP contribution in [0, 0.1) is 23.7 Å². The van der Waals surface area contributed by atoms with Gasteiger partial charge in [-0.3, -0.25) is 0 Å². The van der Waals surface area contributed by atoms with Crippen LogP contribution in [0.2, 0.25) is 0 Å². The highest BCUT2D eigenvalue weighted by atomic mass is 14.0. The number of fused-ring (bicyclic) bond motifs is 1. The molecule has 0 saturated heterocycles. The van der Waals surface area contributed by atoms with Crippen molar-refractivity contribution in [2.45, 2.75) is 0 Å². The summed E-state index contributed by atoms with van der Waals surface area (Å²) in [6.07, 6.45) is 0. The molecule has 4 rings (SSSR count). The maximum Gasteiger partial charge on any atom is 0.0255 e. The average molecular weight is 328 g/mol. The normalized spacial score (nSPS) is 9.69. The highest BCUT2D eigenvalue weighted by molar-refractivity contribution is 5.85. The van der Waals surface area contributed by atoms with Gasteiger partial charge in [0, 0.05) is 22.3 Å². The van der Waals surface area contributed by atoms with Crippen LogP contribution in [0.4, 0.5) is 0 Å². The van der Waals surface area contributed by atoms with Gasteiger partial charge in [-0.05, 0) is 59.3 Å². The summed E-state index contributed by atoms with van der Waals surface area (Å²) in [5.41, 5.74) is 4.09. The molecule has 4 aromatic rings. The summed E-state index contributed by atoms with van der Waals surface area (Å²) in [6, 6.07) is 32.7. The minimum absolute atomic E-state index is 1.02. The highest BCUT2D eigenvalue weighted by Gasteiger charge is 1.96. The highest BCUT2D eigenvalue weighted by Crippen LogP contribution is 2.17. The Labute approximate surface area is 154 Å². The fourth-order valence-electron chi connectivity index (χ4n) is 2.73. The summed E-state index contributed by atoms with van der Waals surface area (Å²) in [7, 11) is 0. The zero-order chi connectivity index (χ0) is 17.6. The average Bonchev–Trinajstić information content (AvgIpc) is 2.72. The molecule has 120 valence electrons. The molecule has 0 aliphatic rings. The van der Waals surface area contributed by atoms with Gasteiger partial charge in [-0.25, -0.2) is 0 Å². The van der Waals surface area contributed by atoms with Crippen LogP contribution in [0.5, 0.6) is 0 Å². The Hall–Kier alpha value is -3.74. The first-order chi connectivity index (χ1) is 12.9. The van der Waals surface area contributed by atoms with Crippen molar-refractivity contribution in [3.63, 3.8) is 0 Å². The van der Waals surface area contributed by atoms with Gasteiger partial charge in [0.25, 0.3) is 0 Å². The predicted octanol–water partition coefficient (Wildman–Crippen LogP) is 5.64. The van der Waals surface area contributed by atoms with Gasteiger partial charge in [0.1, 0.15) is 0 Å². The molecule has 0 N–H and O–H groups in total. The van der Waals surface area contributed by atoms with E-state index in [2.05, 4.69) is 60.1 Å². The largest absolute Gasteiger partial charge is 0.0622 e. The van der Waals surface area contributed by atoms with E-state index < -0.39 is 0 Å². The summed E-state index contributed by atoms with van der Waals surface area (Å²) in [6.45, 7) is 0. The van der Waals surface area contributed by atoms with Crippen molar-refractivity contribution in [1.29, 1.82) is 0 Å². The van der Waals surface area contributed by atoms with E-state index in [0.717, 1.165) is 22.3 Å². The van der Waals surface area contributed by atoms with Gasteiger partial charge in [0.2, 0.25) is 0 Å². The van der Waals surface area contributed by atoms with E-state index in [-0.39, 0.29) is 0 Å². The van der Waals surface area contributed by atoms with Crippen molar-refractivity contribution in [2.24, 2.45) is 0 Å². The smallest absolute Gasteiger partial charge is 0.0255 e. The third-order valence-corrected chi connectivity index (χ3v) is 4.09. The van der Waals surface area contributed by atoms with Crippen LogP contribution >= 0.6 is 0 Å². The van der Waals surface area contributed by atoms with E-state index in [4.69, 9.17) is 0 Å². The Kier molecular flexibility index (Phi) is 4.51. The Bertz CT molecular complexity index is 1070. The third-order valence-electron chi connectivity index (χ3n) is 4.09. The lowest BCUT2D eigenvalue weighted by molar-refractivity contribution is 1.63. The van der Waals surface area contributed by atoms with Gasteiger partial charge in [0.05, 0.1) is 0 Å². The van der Waals surface area contributed by atoms with Gasteiger partial charge in [-0.15, -0.1) is 0 Å². The van der Waals surface area contributed by atoms with E-state index in [9.17, 15) is 0 Å². The SMILES string of the molecule is C(#Cc1ccc2cc(C#Cc3ccccc3)ccc2c1)c1ccccc1. The lowest BCUT2D eigenvalue weighted by Crippen LogP contribution is -1.81. The van der Waals surface area contributed by atoms with Crippen molar-refractivity contribution in [1.82, 2.24) is 0 Å². The summed E-state index contributed by atoms with van der Waals surface area (Å²) >= 11 is 0. The van der Waals surface area contributed by atoms with E-state index >= 15 is 0 Å². The molecule has 0 heteroatoms. The molecule has 0 radical (unpaired) electrons.